The Hall–Kier alpha value is -2.56. The van der Waals surface area contributed by atoms with Crippen molar-refractivity contribution >= 4 is 0 Å². The average Bonchev–Trinajstić information content (AvgIpc) is 2.91. The highest BCUT2D eigenvalue weighted by Gasteiger charge is 2.20. The predicted octanol–water partition coefficient (Wildman–Crippen LogP) is 4.86. The molecule has 0 aliphatic rings. The van der Waals surface area contributed by atoms with Gasteiger partial charge in [0.1, 0.15) is 17.5 Å². The summed E-state index contributed by atoms with van der Waals surface area (Å²) in [7, 11) is 0. The first-order valence-corrected chi connectivity index (χ1v) is 8.25. The minimum absolute atomic E-state index is 0.000770. The maximum Gasteiger partial charge on any atom is 0.184 e. The second-order valence-electron chi connectivity index (χ2n) is 7.36. The van der Waals surface area contributed by atoms with Gasteiger partial charge in [0.2, 0.25) is 0 Å². The molecule has 0 aliphatic carbocycles. The van der Waals surface area contributed by atoms with Crippen LogP contribution in [0.15, 0.2) is 48.5 Å². The van der Waals surface area contributed by atoms with Crippen LogP contribution in [0.2, 0.25) is 0 Å². The molecule has 3 nitrogen and oxygen atoms in total. The van der Waals surface area contributed by atoms with Gasteiger partial charge in [-0.3, -0.25) is 0 Å². The number of nitrogens with zero attached hydrogens (tertiary/aromatic N) is 3. The van der Waals surface area contributed by atoms with E-state index in [2.05, 4.69) is 30.9 Å². The molecule has 0 fully saturated rings. The fourth-order valence-corrected chi connectivity index (χ4v) is 2.65. The van der Waals surface area contributed by atoms with E-state index in [1.54, 1.807) is 4.68 Å². The smallest absolute Gasteiger partial charge is 0.184 e. The Morgan fingerprint density at radius 3 is 2.40 bits per heavy atom. The van der Waals surface area contributed by atoms with Gasteiger partial charge in [0, 0.05) is 6.42 Å². The van der Waals surface area contributed by atoms with Crippen molar-refractivity contribution in [2.24, 2.45) is 5.41 Å². The van der Waals surface area contributed by atoms with E-state index in [1.165, 1.54) is 0 Å². The molecule has 0 N–H and O–H groups in total. The summed E-state index contributed by atoms with van der Waals surface area (Å²) in [6, 6.07) is 13.2. The van der Waals surface area contributed by atoms with E-state index < -0.39 is 11.6 Å². The number of aromatic nitrogens is 3. The summed E-state index contributed by atoms with van der Waals surface area (Å²) in [4.78, 5) is 4.51. The molecule has 2 aromatic carbocycles. The molecule has 25 heavy (non-hydrogen) atoms. The van der Waals surface area contributed by atoms with E-state index in [1.807, 2.05) is 30.3 Å². The van der Waals surface area contributed by atoms with Gasteiger partial charge in [-0.1, -0.05) is 51.1 Å². The normalized spacial score (nSPS) is 11.7. The van der Waals surface area contributed by atoms with Gasteiger partial charge in [-0.2, -0.15) is 5.10 Å². The molecule has 0 saturated carbocycles. The van der Waals surface area contributed by atoms with Crippen molar-refractivity contribution in [3.05, 3.63) is 71.6 Å². The molecule has 3 aromatic rings. The molecular formula is C20H21F2N3. The van der Waals surface area contributed by atoms with Gasteiger partial charge in [0.25, 0.3) is 0 Å². The Balaban J connectivity index is 2.03. The van der Waals surface area contributed by atoms with Gasteiger partial charge in [0.15, 0.2) is 5.82 Å². The van der Waals surface area contributed by atoms with Gasteiger partial charge in [0.05, 0.1) is 12.1 Å². The third-order valence-corrected chi connectivity index (χ3v) is 3.78. The second kappa shape index (κ2) is 6.75. The number of benzene rings is 2. The average molecular weight is 341 g/mol. The highest BCUT2D eigenvalue weighted by molar-refractivity contribution is 5.55. The van der Waals surface area contributed by atoms with Gasteiger partial charge in [-0.15, -0.1) is 0 Å². The fraction of sp³-hybridized carbons (Fsp3) is 0.300. The van der Waals surface area contributed by atoms with Crippen LogP contribution >= 0.6 is 0 Å². The summed E-state index contributed by atoms with van der Waals surface area (Å²) < 4.78 is 29.4. The van der Waals surface area contributed by atoms with Crippen molar-refractivity contribution in [1.82, 2.24) is 14.8 Å². The predicted molar refractivity (Wildman–Crippen MR) is 94.1 cm³/mol. The molecule has 0 spiro atoms. The Labute approximate surface area is 146 Å². The fourth-order valence-electron chi connectivity index (χ4n) is 2.65. The summed E-state index contributed by atoms with van der Waals surface area (Å²) in [5.74, 6) is -0.0593. The molecule has 0 saturated heterocycles. The third kappa shape index (κ3) is 4.29. The topological polar surface area (TPSA) is 30.7 Å². The molecule has 0 bridgehead atoms. The van der Waals surface area contributed by atoms with Crippen LogP contribution in [0.1, 0.15) is 32.2 Å². The standard InChI is InChI=1S/C20H21F2N3/c1-20(2,3)12-18-23-19(16-11-15(21)9-10-17(16)22)24-25(18)13-14-7-5-4-6-8-14/h4-11H,12-13H2,1-3H3. The van der Waals surface area contributed by atoms with Crippen molar-refractivity contribution in [3.63, 3.8) is 0 Å². The van der Waals surface area contributed by atoms with Crippen LogP contribution < -0.4 is 0 Å². The summed E-state index contributed by atoms with van der Waals surface area (Å²) in [5, 5.41) is 4.46. The van der Waals surface area contributed by atoms with Crippen LogP contribution in [0, 0.1) is 17.0 Å². The molecule has 0 atom stereocenters. The van der Waals surface area contributed by atoms with Crippen molar-refractivity contribution in [2.75, 3.05) is 0 Å². The Bertz CT molecular complexity index is 864. The number of rotatable bonds is 4. The van der Waals surface area contributed by atoms with E-state index in [9.17, 15) is 8.78 Å². The molecule has 1 aromatic heterocycles. The van der Waals surface area contributed by atoms with Crippen LogP contribution in [0.3, 0.4) is 0 Å². The maximum absolute atomic E-state index is 14.1. The zero-order valence-corrected chi connectivity index (χ0v) is 14.6. The van der Waals surface area contributed by atoms with Crippen molar-refractivity contribution in [1.29, 1.82) is 0 Å². The lowest BCUT2D eigenvalue weighted by molar-refractivity contribution is 0.389. The first-order valence-electron chi connectivity index (χ1n) is 8.25. The minimum atomic E-state index is -0.527. The monoisotopic (exact) mass is 341 g/mol. The lowest BCUT2D eigenvalue weighted by Crippen LogP contribution is -2.15. The molecule has 0 radical (unpaired) electrons. The molecule has 3 rings (SSSR count). The molecule has 130 valence electrons. The molecule has 0 amide bonds. The highest BCUT2D eigenvalue weighted by Crippen LogP contribution is 2.25. The molecule has 1 heterocycles. The third-order valence-electron chi connectivity index (χ3n) is 3.78. The van der Waals surface area contributed by atoms with Crippen LogP contribution in [-0.4, -0.2) is 14.8 Å². The molecule has 0 aliphatic heterocycles. The SMILES string of the molecule is CC(C)(C)Cc1nc(-c2cc(F)ccc2F)nn1Cc1ccccc1. The first kappa shape index (κ1) is 17.3. The van der Waals surface area contributed by atoms with Gasteiger partial charge in [-0.25, -0.2) is 18.4 Å². The van der Waals surface area contributed by atoms with E-state index in [0.717, 1.165) is 29.6 Å². The number of hydrogen-bond donors (Lipinski definition) is 0. The van der Waals surface area contributed by atoms with Gasteiger partial charge >= 0.3 is 0 Å². The van der Waals surface area contributed by atoms with Crippen LogP contribution in [0.4, 0.5) is 8.78 Å². The van der Waals surface area contributed by atoms with Crippen molar-refractivity contribution < 1.29 is 8.78 Å². The van der Waals surface area contributed by atoms with Gasteiger partial charge in [-0.05, 0) is 29.2 Å². The Morgan fingerprint density at radius 2 is 1.72 bits per heavy atom. The van der Waals surface area contributed by atoms with E-state index in [4.69, 9.17) is 0 Å². The zero-order valence-electron chi connectivity index (χ0n) is 14.6. The Morgan fingerprint density at radius 1 is 1.00 bits per heavy atom. The van der Waals surface area contributed by atoms with Crippen molar-refractivity contribution in [3.8, 4) is 11.4 Å². The quantitative estimate of drug-likeness (QED) is 0.678. The second-order valence-corrected chi connectivity index (χ2v) is 7.36. The lowest BCUT2D eigenvalue weighted by Gasteiger charge is -2.17. The minimum Gasteiger partial charge on any atom is -0.245 e. The summed E-state index contributed by atoms with van der Waals surface area (Å²) in [6.07, 6.45) is 0.684. The van der Waals surface area contributed by atoms with Crippen LogP contribution in [0.5, 0.6) is 0 Å². The van der Waals surface area contributed by atoms with Crippen molar-refractivity contribution in [2.45, 2.75) is 33.7 Å². The molecule has 5 heteroatoms. The van der Waals surface area contributed by atoms with Crippen LogP contribution in [-0.2, 0) is 13.0 Å². The molecular weight excluding hydrogens is 320 g/mol. The maximum atomic E-state index is 14.1. The van der Waals surface area contributed by atoms with E-state index in [-0.39, 0.29) is 16.8 Å². The largest absolute Gasteiger partial charge is 0.245 e. The van der Waals surface area contributed by atoms with Crippen LogP contribution in [0.25, 0.3) is 11.4 Å². The lowest BCUT2D eigenvalue weighted by atomic mass is 9.92. The summed E-state index contributed by atoms with van der Waals surface area (Å²) in [5.41, 5.74) is 1.16. The summed E-state index contributed by atoms with van der Waals surface area (Å²) in [6.45, 7) is 6.86. The van der Waals surface area contributed by atoms with E-state index in [0.29, 0.717) is 13.0 Å². The Kier molecular flexibility index (Phi) is 4.66. The van der Waals surface area contributed by atoms with E-state index >= 15 is 0 Å². The number of hydrogen-bond acceptors (Lipinski definition) is 2. The highest BCUT2D eigenvalue weighted by atomic mass is 19.1. The summed E-state index contributed by atoms with van der Waals surface area (Å²) >= 11 is 0. The number of halogens is 2. The first-order chi connectivity index (χ1) is 11.8. The molecule has 0 unspecified atom stereocenters. The van der Waals surface area contributed by atoms with Gasteiger partial charge < -0.3 is 0 Å². The zero-order chi connectivity index (χ0) is 18.0.